The van der Waals surface area contributed by atoms with Crippen molar-refractivity contribution in [3.63, 3.8) is 0 Å². The lowest BCUT2D eigenvalue weighted by atomic mass is 10.2. The molecule has 0 spiro atoms. The third-order valence-corrected chi connectivity index (χ3v) is 4.91. The molecule has 5 amide bonds. The summed E-state index contributed by atoms with van der Waals surface area (Å²) >= 11 is 0. The van der Waals surface area contributed by atoms with E-state index in [4.69, 9.17) is 10.1 Å². The van der Waals surface area contributed by atoms with Gasteiger partial charge in [-0.15, -0.1) is 0 Å². The molecule has 0 aliphatic carbocycles. The summed E-state index contributed by atoms with van der Waals surface area (Å²) in [6.45, 7) is 6.72. The standard InChI is InChI=1S/C15H19N3O3.C10H11N3O/c1-15(2,3)21-14(20)17-12-9-16-13(19)18(12)10-11-7-5-4-6-8-11;11-9-6-12-10(14)13(9)7-8-4-2-1-3-5-8/h4-8H,9-10H2,1-3H3,(H,16,19);1-5,11H,6-7H2,(H,12,14). The van der Waals surface area contributed by atoms with Crippen molar-refractivity contribution in [2.75, 3.05) is 13.1 Å². The van der Waals surface area contributed by atoms with Gasteiger partial charge in [0.05, 0.1) is 26.2 Å². The van der Waals surface area contributed by atoms with Crippen molar-refractivity contribution >= 4 is 29.8 Å². The minimum Gasteiger partial charge on any atom is -0.442 e. The number of urea groups is 2. The Labute approximate surface area is 204 Å². The normalized spacial score (nSPS) is 16.5. The minimum absolute atomic E-state index is 0.182. The molecule has 2 aromatic carbocycles. The Balaban J connectivity index is 0.000000211. The molecule has 10 nitrogen and oxygen atoms in total. The maximum Gasteiger partial charge on any atom is 0.435 e. The summed E-state index contributed by atoms with van der Waals surface area (Å²) < 4.78 is 5.14. The van der Waals surface area contributed by atoms with E-state index < -0.39 is 11.7 Å². The first kappa shape index (κ1) is 25.4. The Morgan fingerprint density at radius 1 is 0.886 bits per heavy atom. The molecule has 2 saturated heterocycles. The van der Waals surface area contributed by atoms with E-state index in [0.29, 0.717) is 31.3 Å². The molecule has 0 saturated carbocycles. The van der Waals surface area contributed by atoms with Gasteiger partial charge in [0.1, 0.15) is 17.3 Å². The summed E-state index contributed by atoms with van der Waals surface area (Å²) in [5.74, 6) is 0.706. The Kier molecular flexibility index (Phi) is 8.19. The molecule has 2 fully saturated rings. The Bertz CT molecular complexity index is 1080. The van der Waals surface area contributed by atoms with Crippen molar-refractivity contribution in [2.45, 2.75) is 39.5 Å². The molecule has 2 aliphatic heterocycles. The van der Waals surface area contributed by atoms with Crippen molar-refractivity contribution in [2.24, 2.45) is 4.99 Å². The number of nitrogens with one attached hydrogen (secondary N) is 3. The zero-order chi connectivity index (χ0) is 25.4. The van der Waals surface area contributed by atoms with Gasteiger partial charge in [0.15, 0.2) is 0 Å². The lowest BCUT2D eigenvalue weighted by Gasteiger charge is -2.19. The molecule has 35 heavy (non-hydrogen) atoms. The molecule has 0 radical (unpaired) electrons. The second kappa shape index (κ2) is 11.3. The minimum atomic E-state index is -0.688. The van der Waals surface area contributed by atoms with Crippen LogP contribution in [-0.2, 0) is 17.8 Å². The fourth-order valence-corrected chi connectivity index (χ4v) is 3.29. The van der Waals surface area contributed by atoms with Gasteiger partial charge in [-0.25, -0.2) is 14.4 Å². The summed E-state index contributed by atoms with van der Waals surface area (Å²) in [6, 6.07) is 18.7. The first-order valence-corrected chi connectivity index (χ1v) is 11.2. The summed E-state index contributed by atoms with van der Waals surface area (Å²) in [7, 11) is 0. The van der Waals surface area contributed by atoms with Gasteiger partial charge < -0.3 is 15.4 Å². The average molecular weight is 479 g/mol. The fourth-order valence-electron chi connectivity index (χ4n) is 3.29. The van der Waals surface area contributed by atoms with Crippen LogP contribution < -0.4 is 10.6 Å². The predicted molar refractivity (Wildman–Crippen MR) is 132 cm³/mol. The number of ether oxygens (including phenoxy) is 1. The van der Waals surface area contributed by atoms with Gasteiger partial charge in [0.25, 0.3) is 0 Å². The second-order valence-corrected chi connectivity index (χ2v) is 8.92. The molecule has 0 bridgehead atoms. The maximum absolute atomic E-state index is 11.8. The average Bonchev–Trinajstić information content (AvgIpc) is 3.31. The molecule has 0 aromatic heterocycles. The van der Waals surface area contributed by atoms with E-state index >= 15 is 0 Å². The van der Waals surface area contributed by atoms with Gasteiger partial charge in [0.2, 0.25) is 0 Å². The quantitative estimate of drug-likeness (QED) is 0.619. The molecule has 0 atom stereocenters. The molecule has 2 aliphatic rings. The third-order valence-electron chi connectivity index (χ3n) is 4.91. The highest BCUT2D eigenvalue weighted by atomic mass is 16.6. The van der Waals surface area contributed by atoms with Crippen molar-refractivity contribution < 1.29 is 19.1 Å². The maximum atomic E-state index is 11.8. The van der Waals surface area contributed by atoms with Crippen molar-refractivity contribution in [1.29, 1.82) is 5.41 Å². The van der Waals surface area contributed by atoms with E-state index in [1.807, 2.05) is 60.7 Å². The SMILES string of the molecule is CC(C)(C)OC(=O)N=C1CNC(=O)N1Cc1ccccc1.N=C1CNC(=O)N1Cc1ccccc1. The van der Waals surface area contributed by atoms with Crippen LogP contribution in [0.4, 0.5) is 14.4 Å². The molecule has 3 N–H and O–H groups in total. The monoisotopic (exact) mass is 478 g/mol. The molecular formula is C25H30N6O4. The molecule has 4 rings (SSSR count). The molecule has 0 unspecified atom stereocenters. The van der Waals surface area contributed by atoms with Crippen LogP contribution in [0, 0.1) is 5.41 Å². The second-order valence-electron chi connectivity index (χ2n) is 8.92. The van der Waals surface area contributed by atoms with Crippen LogP contribution in [0.2, 0.25) is 0 Å². The first-order valence-electron chi connectivity index (χ1n) is 11.2. The van der Waals surface area contributed by atoms with Crippen LogP contribution in [-0.4, -0.2) is 58.3 Å². The Morgan fingerprint density at radius 2 is 1.37 bits per heavy atom. The van der Waals surface area contributed by atoms with E-state index in [1.54, 1.807) is 20.8 Å². The highest BCUT2D eigenvalue weighted by Gasteiger charge is 2.28. The molecule has 10 heteroatoms. The van der Waals surface area contributed by atoms with Crippen LogP contribution >= 0.6 is 0 Å². The fraction of sp³-hybridized carbons (Fsp3) is 0.320. The van der Waals surface area contributed by atoms with Gasteiger partial charge in [-0.3, -0.25) is 15.2 Å². The molecular weight excluding hydrogens is 448 g/mol. The third kappa shape index (κ3) is 7.66. The summed E-state index contributed by atoms with van der Waals surface area (Å²) in [4.78, 5) is 41.6. The van der Waals surface area contributed by atoms with Crippen molar-refractivity contribution in [1.82, 2.24) is 20.4 Å². The lowest BCUT2D eigenvalue weighted by Crippen LogP contribution is -2.31. The summed E-state index contributed by atoms with van der Waals surface area (Å²) in [5.41, 5.74) is 1.39. The first-order chi connectivity index (χ1) is 16.6. The van der Waals surface area contributed by atoms with Gasteiger partial charge in [-0.05, 0) is 31.9 Å². The number of aliphatic imine (C=N–C) groups is 1. The topological polar surface area (TPSA) is 127 Å². The van der Waals surface area contributed by atoms with E-state index in [9.17, 15) is 14.4 Å². The van der Waals surface area contributed by atoms with Crippen LogP contribution in [0.3, 0.4) is 0 Å². The molecule has 2 heterocycles. The number of hydrogen-bond acceptors (Lipinski definition) is 5. The van der Waals surface area contributed by atoms with Crippen LogP contribution in [0.1, 0.15) is 31.9 Å². The highest BCUT2D eigenvalue weighted by Crippen LogP contribution is 2.12. The molecule has 2 aromatic rings. The highest BCUT2D eigenvalue weighted by molar-refractivity contribution is 6.07. The van der Waals surface area contributed by atoms with E-state index in [2.05, 4.69) is 15.6 Å². The number of carbonyl (C=O) groups is 3. The van der Waals surface area contributed by atoms with Crippen molar-refractivity contribution in [3.05, 3.63) is 71.8 Å². The smallest absolute Gasteiger partial charge is 0.435 e. The summed E-state index contributed by atoms with van der Waals surface area (Å²) in [6.07, 6.45) is -0.688. The Hall–Kier alpha value is -4.21. The van der Waals surface area contributed by atoms with Crippen molar-refractivity contribution in [3.8, 4) is 0 Å². The zero-order valence-electron chi connectivity index (χ0n) is 20.1. The number of nitrogens with zero attached hydrogens (tertiary/aromatic N) is 3. The predicted octanol–water partition coefficient (Wildman–Crippen LogP) is 3.73. The largest absolute Gasteiger partial charge is 0.442 e. The number of carbonyl (C=O) groups excluding carboxylic acids is 3. The van der Waals surface area contributed by atoms with Crippen LogP contribution in [0.25, 0.3) is 0 Å². The number of amides is 5. The van der Waals surface area contributed by atoms with Crippen LogP contribution in [0.5, 0.6) is 0 Å². The van der Waals surface area contributed by atoms with Gasteiger partial charge in [-0.1, -0.05) is 60.7 Å². The lowest BCUT2D eigenvalue weighted by molar-refractivity contribution is 0.0602. The zero-order valence-corrected chi connectivity index (χ0v) is 20.1. The number of rotatable bonds is 4. The van der Waals surface area contributed by atoms with Gasteiger partial charge in [0, 0.05) is 0 Å². The number of benzene rings is 2. The molecule has 184 valence electrons. The van der Waals surface area contributed by atoms with E-state index in [1.165, 1.54) is 9.80 Å². The van der Waals surface area contributed by atoms with Crippen LogP contribution in [0.15, 0.2) is 65.7 Å². The van der Waals surface area contributed by atoms with Gasteiger partial charge in [-0.2, -0.15) is 4.99 Å². The van der Waals surface area contributed by atoms with E-state index in [0.717, 1.165) is 11.1 Å². The number of amidine groups is 2. The van der Waals surface area contributed by atoms with E-state index in [-0.39, 0.29) is 18.6 Å². The summed E-state index contributed by atoms with van der Waals surface area (Å²) in [5, 5.41) is 12.8. The number of hydrogen-bond donors (Lipinski definition) is 3. The van der Waals surface area contributed by atoms with Gasteiger partial charge >= 0.3 is 18.2 Å². The Morgan fingerprint density at radius 3 is 1.86 bits per heavy atom.